The monoisotopic (exact) mass is 378 g/mol. The minimum atomic E-state index is -3.72. The number of carbonyl (C=O) groups excluding carboxylic acids is 1. The first kappa shape index (κ1) is 18.5. The van der Waals surface area contributed by atoms with E-state index in [0.717, 1.165) is 5.56 Å². The van der Waals surface area contributed by atoms with Crippen LogP contribution in [0, 0.1) is 6.92 Å². The number of hydrogen-bond acceptors (Lipinski definition) is 5. The lowest BCUT2D eigenvalue weighted by Gasteiger charge is -2.27. The number of morpholine rings is 1. The fourth-order valence-electron chi connectivity index (χ4n) is 2.79. The molecule has 0 saturated carbocycles. The Morgan fingerprint density at radius 1 is 1.19 bits per heavy atom. The van der Waals surface area contributed by atoms with Crippen LogP contribution < -0.4 is 5.32 Å². The van der Waals surface area contributed by atoms with E-state index in [2.05, 4.69) is 5.32 Å². The van der Waals surface area contributed by atoms with Gasteiger partial charge in [-0.05, 0) is 31.2 Å². The lowest BCUT2D eigenvalue weighted by molar-refractivity contribution is 0.0532. The van der Waals surface area contributed by atoms with Crippen LogP contribution in [-0.4, -0.2) is 52.2 Å². The van der Waals surface area contributed by atoms with Gasteiger partial charge in [-0.25, -0.2) is 13.2 Å². The first-order chi connectivity index (χ1) is 12.5. The Kier molecular flexibility index (Phi) is 5.63. The van der Waals surface area contributed by atoms with Crippen molar-refractivity contribution in [2.75, 3.05) is 32.8 Å². The van der Waals surface area contributed by atoms with Crippen molar-refractivity contribution in [1.29, 1.82) is 0 Å². The van der Waals surface area contributed by atoms with Gasteiger partial charge in [-0.2, -0.15) is 0 Å². The van der Waals surface area contributed by atoms with Gasteiger partial charge < -0.3 is 19.4 Å². The molecule has 8 heteroatoms. The van der Waals surface area contributed by atoms with Crippen molar-refractivity contribution in [2.24, 2.45) is 0 Å². The predicted octanol–water partition coefficient (Wildman–Crippen LogP) is 2.14. The van der Waals surface area contributed by atoms with Crippen LogP contribution in [0.25, 0.3) is 0 Å². The highest BCUT2D eigenvalue weighted by Gasteiger charge is 2.32. The second kappa shape index (κ2) is 7.92. The molecule has 0 spiro atoms. The van der Waals surface area contributed by atoms with Crippen LogP contribution in [0.1, 0.15) is 16.6 Å². The van der Waals surface area contributed by atoms with Gasteiger partial charge in [0.05, 0.1) is 24.4 Å². The number of furan rings is 1. The van der Waals surface area contributed by atoms with Gasteiger partial charge in [0.25, 0.3) is 0 Å². The zero-order valence-electron chi connectivity index (χ0n) is 14.6. The molecule has 26 heavy (non-hydrogen) atoms. The minimum absolute atomic E-state index is 0.0695. The van der Waals surface area contributed by atoms with Crippen LogP contribution in [0.4, 0.5) is 4.79 Å². The summed E-state index contributed by atoms with van der Waals surface area (Å²) in [6.07, 6.45) is 1.43. The van der Waals surface area contributed by atoms with E-state index in [4.69, 9.17) is 9.15 Å². The standard InChI is InChI=1S/C18H22N2O5S/c1-14-4-6-15(7-5-14)26(22,23)17(16-3-2-10-25-16)13-19-18(21)20-8-11-24-12-9-20/h2-7,10,17H,8-9,11-13H2,1H3,(H,19,21). The molecule has 0 aliphatic carbocycles. The summed E-state index contributed by atoms with van der Waals surface area (Å²) in [6, 6.07) is 9.59. The quantitative estimate of drug-likeness (QED) is 0.861. The number of carbonyl (C=O) groups is 1. The third kappa shape index (κ3) is 4.08. The van der Waals surface area contributed by atoms with Crippen molar-refractivity contribution in [3.8, 4) is 0 Å². The molecule has 1 N–H and O–H groups in total. The summed E-state index contributed by atoms with van der Waals surface area (Å²) in [5, 5.41) is 1.73. The maximum Gasteiger partial charge on any atom is 0.317 e. The summed E-state index contributed by atoms with van der Waals surface area (Å²) in [6.45, 7) is 3.76. The number of ether oxygens (including phenoxy) is 1. The molecule has 2 amide bonds. The van der Waals surface area contributed by atoms with Gasteiger partial charge >= 0.3 is 6.03 Å². The van der Waals surface area contributed by atoms with Crippen molar-refractivity contribution in [2.45, 2.75) is 17.1 Å². The van der Waals surface area contributed by atoms with Crippen LogP contribution in [0.3, 0.4) is 0 Å². The van der Waals surface area contributed by atoms with Gasteiger partial charge in [0.15, 0.2) is 9.84 Å². The van der Waals surface area contributed by atoms with E-state index in [1.54, 1.807) is 41.3 Å². The molecule has 1 unspecified atom stereocenters. The van der Waals surface area contributed by atoms with E-state index in [-0.39, 0.29) is 17.5 Å². The molecule has 1 aliphatic rings. The van der Waals surface area contributed by atoms with Gasteiger partial charge in [-0.15, -0.1) is 0 Å². The molecule has 1 aromatic heterocycles. The van der Waals surface area contributed by atoms with Crippen molar-refractivity contribution in [3.05, 3.63) is 54.0 Å². The van der Waals surface area contributed by atoms with Gasteiger partial charge in [0.2, 0.25) is 0 Å². The lowest BCUT2D eigenvalue weighted by atomic mass is 10.2. The van der Waals surface area contributed by atoms with Crippen molar-refractivity contribution in [3.63, 3.8) is 0 Å². The SMILES string of the molecule is Cc1ccc(S(=O)(=O)C(CNC(=O)N2CCOCC2)c2ccco2)cc1. The molecular weight excluding hydrogens is 356 g/mol. The number of nitrogens with one attached hydrogen (secondary N) is 1. The second-order valence-electron chi connectivity index (χ2n) is 6.15. The molecule has 1 saturated heterocycles. The summed E-state index contributed by atoms with van der Waals surface area (Å²) in [4.78, 5) is 14.1. The number of nitrogens with zero attached hydrogens (tertiary/aromatic N) is 1. The molecule has 1 fully saturated rings. The van der Waals surface area contributed by atoms with E-state index in [1.807, 2.05) is 6.92 Å². The minimum Gasteiger partial charge on any atom is -0.468 e. The highest BCUT2D eigenvalue weighted by atomic mass is 32.2. The molecule has 0 radical (unpaired) electrons. The van der Waals surface area contributed by atoms with Crippen LogP contribution >= 0.6 is 0 Å². The van der Waals surface area contributed by atoms with Crippen LogP contribution in [0.15, 0.2) is 52.0 Å². The highest BCUT2D eigenvalue weighted by Crippen LogP contribution is 2.29. The van der Waals surface area contributed by atoms with E-state index >= 15 is 0 Å². The van der Waals surface area contributed by atoms with Gasteiger partial charge in [0.1, 0.15) is 11.0 Å². The Morgan fingerprint density at radius 2 is 1.88 bits per heavy atom. The summed E-state index contributed by atoms with van der Waals surface area (Å²) >= 11 is 0. The average Bonchev–Trinajstić information content (AvgIpc) is 3.17. The van der Waals surface area contributed by atoms with Gasteiger partial charge in [0, 0.05) is 19.6 Å². The summed E-state index contributed by atoms with van der Waals surface area (Å²) in [5.41, 5.74) is 0.971. The van der Waals surface area contributed by atoms with Crippen LogP contribution in [0.2, 0.25) is 0 Å². The predicted molar refractivity (Wildman–Crippen MR) is 95.6 cm³/mol. The van der Waals surface area contributed by atoms with Gasteiger partial charge in [-0.1, -0.05) is 17.7 Å². The summed E-state index contributed by atoms with van der Waals surface area (Å²) in [7, 11) is -3.72. The Labute approximate surface area is 152 Å². The maximum atomic E-state index is 13.1. The van der Waals surface area contributed by atoms with E-state index in [9.17, 15) is 13.2 Å². The molecule has 1 aromatic carbocycles. The molecule has 140 valence electrons. The average molecular weight is 378 g/mol. The van der Waals surface area contributed by atoms with Crippen molar-refractivity contribution < 1.29 is 22.4 Å². The lowest BCUT2D eigenvalue weighted by Crippen LogP contribution is -2.47. The number of rotatable bonds is 5. The third-order valence-electron chi connectivity index (χ3n) is 4.32. The molecular formula is C18H22N2O5S. The zero-order chi connectivity index (χ0) is 18.6. The van der Waals surface area contributed by atoms with Crippen molar-refractivity contribution >= 4 is 15.9 Å². The normalized spacial score (nSPS) is 16.3. The Hall–Kier alpha value is -2.32. The molecule has 2 aromatic rings. The Balaban J connectivity index is 1.79. The van der Waals surface area contributed by atoms with Crippen LogP contribution in [0.5, 0.6) is 0 Å². The fourth-order valence-corrected chi connectivity index (χ4v) is 4.37. The number of benzene rings is 1. The second-order valence-corrected chi connectivity index (χ2v) is 8.28. The van der Waals surface area contributed by atoms with Gasteiger partial charge in [-0.3, -0.25) is 0 Å². The number of amides is 2. The smallest absolute Gasteiger partial charge is 0.317 e. The number of aryl methyl sites for hydroxylation is 1. The largest absolute Gasteiger partial charge is 0.468 e. The molecule has 3 rings (SSSR count). The Morgan fingerprint density at radius 3 is 2.50 bits per heavy atom. The molecule has 2 heterocycles. The topological polar surface area (TPSA) is 88.9 Å². The first-order valence-electron chi connectivity index (χ1n) is 8.43. The third-order valence-corrected chi connectivity index (χ3v) is 6.40. The number of sulfone groups is 1. The molecule has 0 bridgehead atoms. The summed E-state index contributed by atoms with van der Waals surface area (Å²) < 4.78 is 36.7. The summed E-state index contributed by atoms with van der Waals surface area (Å²) in [5.74, 6) is 0.299. The van der Waals surface area contributed by atoms with Crippen molar-refractivity contribution in [1.82, 2.24) is 10.2 Å². The van der Waals surface area contributed by atoms with E-state index in [0.29, 0.717) is 32.1 Å². The molecule has 1 aliphatic heterocycles. The van der Waals surface area contributed by atoms with E-state index < -0.39 is 15.1 Å². The highest BCUT2D eigenvalue weighted by molar-refractivity contribution is 7.91. The van der Waals surface area contributed by atoms with Crippen LogP contribution in [-0.2, 0) is 14.6 Å². The van der Waals surface area contributed by atoms with E-state index in [1.165, 1.54) is 6.26 Å². The number of hydrogen-bond donors (Lipinski definition) is 1. The number of urea groups is 1. The fraction of sp³-hybridized carbons (Fsp3) is 0.389. The maximum absolute atomic E-state index is 13.1. The Bertz CT molecular complexity index is 825. The molecule has 7 nitrogen and oxygen atoms in total. The zero-order valence-corrected chi connectivity index (χ0v) is 15.4. The first-order valence-corrected chi connectivity index (χ1v) is 9.97. The molecule has 1 atom stereocenters.